The van der Waals surface area contributed by atoms with Gasteiger partial charge in [-0.1, -0.05) is 20.3 Å². The topological polar surface area (TPSA) is 29.3 Å². The quantitative estimate of drug-likeness (QED) is 0.752. The highest BCUT2D eigenvalue weighted by atomic mass is 15.1. The SMILES string of the molecule is CCC1CCN(C)C(C)C1(C)CCN. The van der Waals surface area contributed by atoms with Crippen molar-refractivity contribution < 1.29 is 0 Å². The van der Waals surface area contributed by atoms with Gasteiger partial charge in [-0.2, -0.15) is 0 Å². The Balaban J connectivity index is 2.80. The van der Waals surface area contributed by atoms with E-state index in [1.807, 2.05) is 0 Å². The molecule has 84 valence electrons. The zero-order valence-electron chi connectivity index (χ0n) is 10.2. The molecule has 0 aromatic carbocycles. The molecule has 0 bridgehead atoms. The average molecular weight is 198 g/mol. The normalized spacial score (nSPS) is 40.1. The fourth-order valence-corrected chi connectivity index (χ4v) is 3.12. The fourth-order valence-electron chi connectivity index (χ4n) is 3.12. The molecule has 14 heavy (non-hydrogen) atoms. The summed E-state index contributed by atoms with van der Waals surface area (Å²) >= 11 is 0. The molecule has 0 aromatic heterocycles. The summed E-state index contributed by atoms with van der Waals surface area (Å²) in [5, 5.41) is 0. The number of rotatable bonds is 3. The maximum absolute atomic E-state index is 5.75. The van der Waals surface area contributed by atoms with E-state index in [0.29, 0.717) is 11.5 Å². The Labute approximate surface area is 88.8 Å². The summed E-state index contributed by atoms with van der Waals surface area (Å²) in [5.41, 5.74) is 6.18. The summed E-state index contributed by atoms with van der Waals surface area (Å²) in [6.45, 7) is 9.17. The molecule has 3 unspecified atom stereocenters. The van der Waals surface area contributed by atoms with E-state index in [0.717, 1.165) is 18.9 Å². The van der Waals surface area contributed by atoms with Gasteiger partial charge in [0.1, 0.15) is 0 Å². The molecule has 0 spiro atoms. The van der Waals surface area contributed by atoms with Crippen molar-refractivity contribution >= 4 is 0 Å². The van der Waals surface area contributed by atoms with Crippen LogP contribution >= 0.6 is 0 Å². The Morgan fingerprint density at radius 1 is 1.50 bits per heavy atom. The van der Waals surface area contributed by atoms with E-state index in [-0.39, 0.29) is 0 Å². The minimum atomic E-state index is 0.427. The van der Waals surface area contributed by atoms with Crippen molar-refractivity contribution in [1.29, 1.82) is 0 Å². The van der Waals surface area contributed by atoms with Crippen LogP contribution in [0.1, 0.15) is 40.0 Å². The third kappa shape index (κ3) is 1.96. The average Bonchev–Trinajstić information content (AvgIpc) is 2.15. The molecule has 2 heteroatoms. The number of nitrogens with zero attached hydrogens (tertiary/aromatic N) is 1. The maximum atomic E-state index is 5.75. The molecule has 0 saturated carbocycles. The molecule has 0 aromatic rings. The lowest BCUT2D eigenvalue weighted by Gasteiger charge is -2.50. The zero-order chi connectivity index (χ0) is 10.8. The van der Waals surface area contributed by atoms with Crippen molar-refractivity contribution in [3.05, 3.63) is 0 Å². The summed E-state index contributed by atoms with van der Waals surface area (Å²) in [6, 6.07) is 0.671. The summed E-state index contributed by atoms with van der Waals surface area (Å²) in [6.07, 6.45) is 3.81. The Morgan fingerprint density at radius 3 is 2.64 bits per heavy atom. The largest absolute Gasteiger partial charge is 0.330 e. The van der Waals surface area contributed by atoms with Crippen molar-refractivity contribution in [3.8, 4) is 0 Å². The van der Waals surface area contributed by atoms with Crippen LogP contribution in [0.5, 0.6) is 0 Å². The first-order valence-electron chi connectivity index (χ1n) is 5.96. The number of likely N-dealkylation sites (tertiary alicyclic amines) is 1. The second-order valence-corrected chi connectivity index (χ2v) is 5.09. The van der Waals surface area contributed by atoms with Crippen LogP contribution in [-0.2, 0) is 0 Å². The van der Waals surface area contributed by atoms with Crippen molar-refractivity contribution in [1.82, 2.24) is 4.90 Å². The van der Waals surface area contributed by atoms with Crippen LogP contribution in [0.15, 0.2) is 0 Å². The predicted molar refractivity (Wildman–Crippen MR) is 62.3 cm³/mol. The Bertz CT molecular complexity index is 177. The van der Waals surface area contributed by atoms with Crippen LogP contribution in [0.2, 0.25) is 0 Å². The van der Waals surface area contributed by atoms with Crippen molar-refractivity contribution in [2.45, 2.75) is 46.1 Å². The molecule has 0 aliphatic carbocycles. The maximum Gasteiger partial charge on any atom is 0.0121 e. The molecule has 0 amide bonds. The molecule has 1 heterocycles. The standard InChI is InChI=1S/C12H26N2/c1-5-11-6-9-14(4)10(2)12(11,3)7-8-13/h10-11H,5-9,13H2,1-4H3. The van der Waals surface area contributed by atoms with Gasteiger partial charge in [-0.05, 0) is 51.2 Å². The van der Waals surface area contributed by atoms with Gasteiger partial charge >= 0.3 is 0 Å². The van der Waals surface area contributed by atoms with Crippen LogP contribution in [0.25, 0.3) is 0 Å². The molecule has 2 N–H and O–H groups in total. The van der Waals surface area contributed by atoms with Gasteiger partial charge in [0.25, 0.3) is 0 Å². The minimum absolute atomic E-state index is 0.427. The highest BCUT2D eigenvalue weighted by Gasteiger charge is 2.42. The van der Waals surface area contributed by atoms with Gasteiger partial charge in [0.15, 0.2) is 0 Å². The highest BCUT2D eigenvalue weighted by molar-refractivity contribution is 4.94. The number of nitrogens with two attached hydrogens (primary N) is 1. The zero-order valence-corrected chi connectivity index (χ0v) is 10.2. The second kappa shape index (κ2) is 4.63. The van der Waals surface area contributed by atoms with Crippen LogP contribution in [0.4, 0.5) is 0 Å². The molecule has 1 rings (SSSR count). The van der Waals surface area contributed by atoms with Crippen molar-refractivity contribution in [2.75, 3.05) is 20.1 Å². The molecule has 1 saturated heterocycles. The first-order chi connectivity index (χ1) is 6.56. The van der Waals surface area contributed by atoms with Crippen LogP contribution < -0.4 is 5.73 Å². The molecule has 3 atom stereocenters. The van der Waals surface area contributed by atoms with E-state index < -0.39 is 0 Å². The number of hydrogen-bond donors (Lipinski definition) is 1. The molecule has 2 nitrogen and oxygen atoms in total. The van der Waals surface area contributed by atoms with E-state index in [9.17, 15) is 0 Å². The predicted octanol–water partition coefficient (Wildman–Crippen LogP) is 2.09. The van der Waals surface area contributed by atoms with Gasteiger partial charge < -0.3 is 10.6 Å². The van der Waals surface area contributed by atoms with E-state index in [1.54, 1.807) is 0 Å². The summed E-state index contributed by atoms with van der Waals surface area (Å²) in [7, 11) is 2.24. The van der Waals surface area contributed by atoms with Gasteiger partial charge in [0, 0.05) is 6.04 Å². The molecule has 1 aliphatic rings. The second-order valence-electron chi connectivity index (χ2n) is 5.09. The fraction of sp³-hybridized carbons (Fsp3) is 1.00. The minimum Gasteiger partial charge on any atom is -0.330 e. The van der Waals surface area contributed by atoms with Gasteiger partial charge in [0.05, 0.1) is 0 Å². The summed E-state index contributed by atoms with van der Waals surface area (Å²) < 4.78 is 0. The number of piperidine rings is 1. The number of hydrogen-bond acceptors (Lipinski definition) is 2. The molecular weight excluding hydrogens is 172 g/mol. The first-order valence-corrected chi connectivity index (χ1v) is 5.96. The summed E-state index contributed by atoms with van der Waals surface area (Å²) in [4.78, 5) is 2.49. The third-order valence-corrected chi connectivity index (χ3v) is 4.55. The van der Waals surface area contributed by atoms with E-state index in [1.165, 1.54) is 19.4 Å². The smallest absolute Gasteiger partial charge is 0.0121 e. The molecule has 0 radical (unpaired) electrons. The third-order valence-electron chi connectivity index (χ3n) is 4.55. The first kappa shape index (κ1) is 12.0. The Hall–Kier alpha value is -0.0800. The van der Waals surface area contributed by atoms with E-state index in [4.69, 9.17) is 5.73 Å². The van der Waals surface area contributed by atoms with E-state index >= 15 is 0 Å². The lowest BCUT2D eigenvalue weighted by molar-refractivity contribution is -0.00741. The molecule has 1 fully saturated rings. The van der Waals surface area contributed by atoms with Crippen LogP contribution in [0, 0.1) is 11.3 Å². The van der Waals surface area contributed by atoms with E-state index in [2.05, 4.69) is 32.7 Å². The van der Waals surface area contributed by atoms with Gasteiger partial charge in [0.2, 0.25) is 0 Å². The highest BCUT2D eigenvalue weighted by Crippen LogP contribution is 2.43. The monoisotopic (exact) mass is 198 g/mol. The lowest BCUT2D eigenvalue weighted by Crippen LogP contribution is -2.52. The van der Waals surface area contributed by atoms with Gasteiger partial charge in [-0.3, -0.25) is 0 Å². The van der Waals surface area contributed by atoms with Gasteiger partial charge in [-0.15, -0.1) is 0 Å². The van der Waals surface area contributed by atoms with Crippen molar-refractivity contribution in [2.24, 2.45) is 17.1 Å². The summed E-state index contributed by atoms with van der Waals surface area (Å²) in [5.74, 6) is 0.859. The molecule has 1 aliphatic heterocycles. The van der Waals surface area contributed by atoms with Gasteiger partial charge in [-0.25, -0.2) is 0 Å². The Morgan fingerprint density at radius 2 is 2.14 bits per heavy atom. The lowest BCUT2D eigenvalue weighted by atomic mass is 9.64. The van der Waals surface area contributed by atoms with Crippen molar-refractivity contribution in [3.63, 3.8) is 0 Å². The Kier molecular flexibility index (Phi) is 3.96. The molecular formula is C12H26N2. The van der Waals surface area contributed by atoms with Crippen LogP contribution in [0.3, 0.4) is 0 Å². The van der Waals surface area contributed by atoms with Crippen LogP contribution in [-0.4, -0.2) is 31.1 Å².